The van der Waals surface area contributed by atoms with Crippen molar-refractivity contribution in [1.82, 2.24) is 10.2 Å². The molecule has 21 heavy (non-hydrogen) atoms. The number of hydrogen-bond donors (Lipinski definition) is 1. The van der Waals surface area contributed by atoms with Gasteiger partial charge in [0.2, 0.25) is 0 Å². The van der Waals surface area contributed by atoms with Crippen LogP contribution >= 0.6 is 0 Å². The Hall–Kier alpha value is -1.07. The molecule has 2 rings (SSSR count). The Kier molecular flexibility index (Phi) is 5.65. The van der Waals surface area contributed by atoms with E-state index in [1.165, 1.54) is 37.8 Å². The van der Waals surface area contributed by atoms with Crippen LogP contribution in [0, 0.1) is 0 Å². The molecule has 0 saturated heterocycles. The van der Waals surface area contributed by atoms with Crippen LogP contribution in [0.4, 0.5) is 13.2 Å². The lowest BCUT2D eigenvalue weighted by Gasteiger charge is -2.24. The molecule has 1 aromatic carbocycles. The second-order valence-electron chi connectivity index (χ2n) is 5.79. The van der Waals surface area contributed by atoms with E-state index in [9.17, 15) is 13.2 Å². The molecule has 0 atom stereocenters. The minimum absolute atomic E-state index is 0.475. The van der Waals surface area contributed by atoms with Crippen molar-refractivity contribution in [3.05, 3.63) is 35.4 Å². The highest BCUT2D eigenvalue weighted by Crippen LogP contribution is 2.29. The SMILES string of the molecule is CN(CCNCc1cccc(C(F)(F)F)c1)C1CCCC1. The minimum atomic E-state index is -4.27. The van der Waals surface area contributed by atoms with Crippen LogP contribution in [0.15, 0.2) is 24.3 Å². The third-order valence-corrected chi connectivity index (χ3v) is 4.17. The van der Waals surface area contributed by atoms with Gasteiger partial charge < -0.3 is 10.2 Å². The van der Waals surface area contributed by atoms with Crippen molar-refractivity contribution in [2.75, 3.05) is 20.1 Å². The Morgan fingerprint density at radius 3 is 2.62 bits per heavy atom. The highest BCUT2D eigenvalue weighted by molar-refractivity contribution is 5.25. The zero-order valence-corrected chi connectivity index (χ0v) is 12.4. The molecule has 1 aliphatic carbocycles. The molecular formula is C16H23F3N2. The first-order chi connectivity index (χ1) is 9.97. The standard InChI is InChI=1S/C16H23F3N2/c1-21(15-7-2-3-8-15)10-9-20-12-13-5-4-6-14(11-13)16(17,18)19/h4-6,11,15,20H,2-3,7-10,12H2,1H3. The lowest BCUT2D eigenvalue weighted by Crippen LogP contribution is -2.35. The highest BCUT2D eigenvalue weighted by Gasteiger charge is 2.30. The average Bonchev–Trinajstić information content (AvgIpc) is 2.97. The zero-order chi connectivity index (χ0) is 15.3. The van der Waals surface area contributed by atoms with Gasteiger partial charge in [-0.25, -0.2) is 0 Å². The fourth-order valence-corrected chi connectivity index (χ4v) is 2.87. The third kappa shape index (κ3) is 5.00. The van der Waals surface area contributed by atoms with Gasteiger partial charge in [-0.1, -0.05) is 31.0 Å². The van der Waals surface area contributed by atoms with Crippen molar-refractivity contribution in [1.29, 1.82) is 0 Å². The number of alkyl halides is 3. The smallest absolute Gasteiger partial charge is 0.311 e. The molecule has 1 aliphatic rings. The Bertz CT molecular complexity index is 439. The predicted molar refractivity (Wildman–Crippen MR) is 78.0 cm³/mol. The summed E-state index contributed by atoms with van der Waals surface area (Å²) in [6.45, 7) is 2.20. The molecule has 1 fully saturated rings. The van der Waals surface area contributed by atoms with E-state index in [4.69, 9.17) is 0 Å². The summed E-state index contributed by atoms with van der Waals surface area (Å²) >= 11 is 0. The Morgan fingerprint density at radius 1 is 1.24 bits per heavy atom. The maximum atomic E-state index is 12.6. The Labute approximate surface area is 124 Å². The van der Waals surface area contributed by atoms with Gasteiger partial charge in [0.1, 0.15) is 0 Å². The van der Waals surface area contributed by atoms with Gasteiger partial charge in [-0.15, -0.1) is 0 Å². The van der Waals surface area contributed by atoms with Crippen LogP contribution in [-0.2, 0) is 12.7 Å². The molecule has 0 radical (unpaired) electrons. The van der Waals surface area contributed by atoms with E-state index < -0.39 is 11.7 Å². The summed E-state index contributed by atoms with van der Waals surface area (Å²) in [5.41, 5.74) is 0.0956. The first-order valence-electron chi connectivity index (χ1n) is 7.54. The molecule has 0 heterocycles. The number of hydrogen-bond acceptors (Lipinski definition) is 2. The molecule has 0 bridgehead atoms. The molecule has 2 nitrogen and oxygen atoms in total. The summed E-state index contributed by atoms with van der Waals surface area (Å²) in [7, 11) is 2.13. The van der Waals surface area contributed by atoms with Gasteiger partial charge in [-0.2, -0.15) is 13.2 Å². The number of rotatable bonds is 6. The van der Waals surface area contributed by atoms with Crippen LogP contribution in [0.2, 0.25) is 0 Å². The van der Waals surface area contributed by atoms with Crippen LogP contribution < -0.4 is 5.32 Å². The van der Waals surface area contributed by atoms with Gasteiger partial charge in [0, 0.05) is 25.7 Å². The zero-order valence-electron chi connectivity index (χ0n) is 12.4. The third-order valence-electron chi connectivity index (χ3n) is 4.17. The first kappa shape index (κ1) is 16.3. The van der Waals surface area contributed by atoms with Gasteiger partial charge in [-0.05, 0) is 31.5 Å². The van der Waals surface area contributed by atoms with Crippen LogP contribution in [0.3, 0.4) is 0 Å². The first-order valence-corrected chi connectivity index (χ1v) is 7.54. The number of likely N-dealkylation sites (N-methyl/N-ethyl adjacent to an activating group) is 1. The highest BCUT2D eigenvalue weighted by atomic mass is 19.4. The van der Waals surface area contributed by atoms with Crippen LogP contribution in [0.5, 0.6) is 0 Å². The Balaban J connectivity index is 1.73. The maximum Gasteiger partial charge on any atom is 0.416 e. The number of nitrogens with zero attached hydrogens (tertiary/aromatic N) is 1. The molecule has 0 unspecified atom stereocenters. The fourth-order valence-electron chi connectivity index (χ4n) is 2.87. The molecule has 0 aromatic heterocycles. The predicted octanol–water partition coefficient (Wildman–Crippen LogP) is 3.67. The summed E-state index contributed by atoms with van der Waals surface area (Å²) in [6, 6.07) is 6.19. The van der Waals surface area contributed by atoms with E-state index in [0.29, 0.717) is 18.2 Å². The van der Waals surface area contributed by atoms with Crippen LogP contribution in [0.1, 0.15) is 36.8 Å². The van der Waals surface area contributed by atoms with Crippen LogP contribution in [-0.4, -0.2) is 31.1 Å². The lowest BCUT2D eigenvalue weighted by atomic mass is 10.1. The van der Waals surface area contributed by atoms with Crippen molar-refractivity contribution in [2.45, 2.75) is 44.4 Å². The number of halogens is 3. The monoisotopic (exact) mass is 300 g/mol. The van der Waals surface area contributed by atoms with Gasteiger partial charge in [0.05, 0.1) is 5.56 Å². The molecule has 118 valence electrons. The van der Waals surface area contributed by atoms with Crippen molar-refractivity contribution < 1.29 is 13.2 Å². The second kappa shape index (κ2) is 7.27. The van der Waals surface area contributed by atoms with Gasteiger partial charge in [0.15, 0.2) is 0 Å². The van der Waals surface area contributed by atoms with E-state index in [-0.39, 0.29) is 0 Å². The van der Waals surface area contributed by atoms with Crippen molar-refractivity contribution in [3.8, 4) is 0 Å². The fraction of sp³-hybridized carbons (Fsp3) is 0.625. The molecule has 5 heteroatoms. The normalized spacial score (nSPS) is 16.8. The summed E-state index contributed by atoms with van der Waals surface area (Å²) in [4.78, 5) is 2.35. The van der Waals surface area contributed by atoms with Gasteiger partial charge >= 0.3 is 6.18 Å². The van der Waals surface area contributed by atoms with E-state index >= 15 is 0 Å². The van der Waals surface area contributed by atoms with E-state index in [1.807, 2.05) is 0 Å². The van der Waals surface area contributed by atoms with Gasteiger partial charge in [0.25, 0.3) is 0 Å². The van der Waals surface area contributed by atoms with E-state index in [0.717, 1.165) is 19.2 Å². The molecule has 1 aromatic rings. The second-order valence-corrected chi connectivity index (χ2v) is 5.79. The Morgan fingerprint density at radius 2 is 1.95 bits per heavy atom. The summed E-state index contributed by atoms with van der Waals surface area (Å²) in [5, 5.41) is 3.23. The van der Waals surface area contributed by atoms with Crippen molar-refractivity contribution in [2.24, 2.45) is 0 Å². The minimum Gasteiger partial charge on any atom is -0.311 e. The summed E-state index contributed by atoms with van der Waals surface area (Å²) < 4.78 is 37.8. The number of benzene rings is 1. The molecule has 0 amide bonds. The van der Waals surface area contributed by atoms with Gasteiger partial charge in [-0.3, -0.25) is 0 Å². The average molecular weight is 300 g/mol. The molecule has 1 N–H and O–H groups in total. The topological polar surface area (TPSA) is 15.3 Å². The molecular weight excluding hydrogens is 277 g/mol. The summed E-state index contributed by atoms with van der Waals surface area (Å²) in [6.07, 6.45) is 0.895. The quantitative estimate of drug-likeness (QED) is 0.806. The van der Waals surface area contributed by atoms with Crippen LogP contribution in [0.25, 0.3) is 0 Å². The largest absolute Gasteiger partial charge is 0.416 e. The molecule has 1 saturated carbocycles. The molecule has 0 aliphatic heterocycles. The summed E-state index contributed by atoms with van der Waals surface area (Å²) in [5.74, 6) is 0. The maximum absolute atomic E-state index is 12.6. The van der Waals surface area contributed by atoms with E-state index in [2.05, 4.69) is 17.3 Å². The van der Waals surface area contributed by atoms with Crippen molar-refractivity contribution in [3.63, 3.8) is 0 Å². The lowest BCUT2D eigenvalue weighted by molar-refractivity contribution is -0.137. The van der Waals surface area contributed by atoms with Crippen molar-refractivity contribution >= 4 is 0 Å². The number of nitrogens with one attached hydrogen (secondary N) is 1. The van der Waals surface area contributed by atoms with E-state index in [1.54, 1.807) is 6.07 Å². The molecule has 0 spiro atoms.